The number of ether oxygens (including phenoxy) is 1. The van der Waals surface area contributed by atoms with Gasteiger partial charge in [-0.3, -0.25) is 0 Å². The number of methoxy groups -OCH3 is 1. The molecule has 0 fully saturated rings. The van der Waals surface area contributed by atoms with Gasteiger partial charge in [0.15, 0.2) is 0 Å². The largest absolute Gasteiger partial charge is 0.497 e. The van der Waals surface area contributed by atoms with Gasteiger partial charge in [0, 0.05) is 25.2 Å². The molecule has 0 heterocycles. The molecule has 0 atom stereocenters. The molecule has 0 unspecified atom stereocenters. The Kier molecular flexibility index (Phi) is 7.85. The molecule has 3 rings (SSSR count). The van der Waals surface area contributed by atoms with E-state index < -0.39 is 0 Å². The maximum Gasteiger partial charge on any atom is 0.322 e. The average molecular weight is 429 g/mol. The summed E-state index contributed by atoms with van der Waals surface area (Å²) >= 11 is 0. The van der Waals surface area contributed by atoms with Crippen molar-refractivity contribution < 1.29 is 9.53 Å². The molecule has 164 valence electrons. The number of urea groups is 1. The number of amides is 2. The molecule has 0 spiro atoms. The molecule has 0 saturated carbocycles. The molecule has 6 heteroatoms. The van der Waals surface area contributed by atoms with Crippen molar-refractivity contribution in [2.24, 2.45) is 0 Å². The Morgan fingerprint density at radius 2 is 1.75 bits per heavy atom. The first-order chi connectivity index (χ1) is 15.5. The summed E-state index contributed by atoms with van der Waals surface area (Å²) in [7, 11) is 5.57. The van der Waals surface area contributed by atoms with Gasteiger partial charge in [0.25, 0.3) is 0 Å². The molecule has 3 aromatic carbocycles. The van der Waals surface area contributed by atoms with E-state index in [1.165, 1.54) is 0 Å². The summed E-state index contributed by atoms with van der Waals surface area (Å²) in [6, 6.07) is 24.9. The number of rotatable bonds is 8. The summed E-state index contributed by atoms with van der Waals surface area (Å²) in [5.41, 5.74) is 3.64. The Bertz CT molecular complexity index is 1090. The van der Waals surface area contributed by atoms with Gasteiger partial charge in [0.05, 0.1) is 18.4 Å². The summed E-state index contributed by atoms with van der Waals surface area (Å²) in [5.74, 6) is 0.748. The summed E-state index contributed by atoms with van der Waals surface area (Å²) in [4.78, 5) is 17.0. The molecule has 3 aromatic rings. The lowest BCUT2D eigenvalue weighted by atomic mass is 9.99. The van der Waals surface area contributed by atoms with Gasteiger partial charge in [0.1, 0.15) is 11.8 Å². The first kappa shape index (κ1) is 22.9. The van der Waals surface area contributed by atoms with Gasteiger partial charge in [-0.05, 0) is 43.4 Å². The van der Waals surface area contributed by atoms with Crippen LogP contribution in [0.25, 0.3) is 11.1 Å². The van der Waals surface area contributed by atoms with Crippen molar-refractivity contribution in [2.75, 3.05) is 39.6 Å². The minimum atomic E-state index is -0.253. The molecule has 0 aliphatic carbocycles. The van der Waals surface area contributed by atoms with E-state index in [0.717, 1.165) is 22.4 Å². The maximum atomic E-state index is 13.3. The lowest BCUT2D eigenvalue weighted by Crippen LogP contribution is -2.39. The van der Waals surface area contributed by atoms with Crippen LogP contribution in [0.3, 0.4) is 0 Å². The molecule has 1 N–H and O–H groups in total. The van der Waals surface area contributed by atoms with Crippen molar-refractivity contribution in [2.45, 2.75) is 6.54 Å². The van der Waals surface area contributed by atoms with E-state index in [1.54, 1.807) is 18.1 Å². The van der Waals surface area contributed by atoms with Crippen LogP contribution in [0.5, 0.6) is 5.75 Å². The molecule has 0 aromatic heterocycles. The third-order valence-electron chi connectivity index (χ3n) is 5.11. The molecule has 2 amide bonds. The summed E-state index contributed by atoms with van der Waals surface area (Å²) < 4.78 is 5.31. The number of hydrogen-bond donors (Lipinski definition) is 1. The average Bonchev–Trinajstić information content (AvgIpc) is 2.82. The van der Waals surface area contributed by atoms with Crippen LogP contribution in [-0.2, 0) is 6.54 Å². The number of nitrogens with one attached hydrogen (secondary N) is 1. The Morgan fingerprint density at radius 1 is 1.00 bits per heavy atom. The number of carbonyl (C=O) groups excluding carboxylic acids is 1. The van der Waals surface area contributed by atoms with Crippen LogP contribution in [0.1, 0.15) is 11.1 Å². The van der Waals surface area contributed by atoms with Crippen molar-refractivity contribution in [1.82, 2.24) is 9.80 Å². The Balaban J connectivity index is 1.86. The molecule has 32 heavy (non-hydrogen) atoms. The predicted molar refractivity (Wildman–Crippen MR) is 128 cm³/mol. The summed E-state index contributed by atoms with van der Waals surface area (Å²) in [6.45, 7) is 1.68. The number of nitriles is 1. The summed E-state index contributed by atoms with van der Waals surface area (Å²) in [6.07, 6.45) is 0. The maximum absolute atomic E-state index is 13.3. The van der Waals surface area contributed by atoms with Crippen LogP contribution >= 0.6 is 0 Å². The quantitative estimate of drug-likeness (QED) is 0.558. The van der Waals surface area contributed by atoms with Gasteiger partial charge in [0.2, 0.25) is 0 Å². The van der Waals surface area contributed by atoms with Crippen molar-refractivity contribution in [1.29, 1.82) is 5.26 Å². The highest BCUT2D eigenvalue weighted by Crippen LogP contribution is 2.29. The minimum absolute atomic E-state index is 0.253. The monoisotopic (exact) mass is 428 g/mol. The Hall–Kier alpha value is -3.82. The zero-order valence-electron chi connectivity index (χ0n) is 18.7. The van der Waals surface area contributed by atoms with E-state index in [9.17, 15) is 10.1 Å². The van der Waals surface area contributed by atoms with Gasteiger partial charge in [-0.15, -0.1) is 0 Å². The van der Waals surface area contributed by atoms with Gasteiger partial charge in [-0.25, -0.2) is 4.79 Å². The summed E-state index contributed by atoms with van der Waals surface area (Å²) in [5, 5.41) is 12.8. The number of carbonyl (C=O) groups is 1. The molecule has 0 radical (unpaired) electrons. The topological polar surface area (TPSA) is 68.6 Å². The van der Waals surface area contributed by atoms with Crippen molar-refractivity contribution in [3.63, 3.8) is 0 Å². The van der Waals surface area contributed by atoms with Crippen LogP contribution in [0.15, 0.2) is 72.8 Å². The van der Waals surface area contributed by atoms with E-state index >= 15 is 0 Å². The highest BCUT2D eigenvalue weighted by molar-refractivity contribution is 5.93. The number of benzene rings is 3. The van der Waals surface area contributed by atoms with Crippen LogP contribution in [-0.4, -0.2) is 50.1 Å². The number of nitrogens with zero attached hydrogens (tertiary/aromatic N) is 3. The molecule has 0 bridgehead atoms. The zero-order valence-corrected chi connectivity index (χ0v) is 18.7. The van der Waals surface area contributed by atoms with Crippen molar-refractivity contribution in [3.8, 4) is 22.9 Å². The normalized spacial score (nSPS) is 10.5. The van der Waals surface area contributed by atoms with Gasteiger partial charge < -0.3 is 19.9 Å². The predicted octanol–water partition coefficient (Wildman–Crippen LogP) is 4.83. The third kappa shape index (κ3) is 5.87. The van der Waals surface area contributed by atoms with Gasteiger partial charge in [-0.1, -0.05) is 54.6 Å². The van der Waals surface area contributed by atoms with Crippen LogP contribution in [0, 0.1) is 11.3 Å². The highest BCUT2D eigenvalue weighted by Gasteiger charge is 2.18. The standard InChI is InChI=1S/C26H28N4O2/c1-29(2)15-16-30(19-20-9-7-12-22(17-20)32-3)26(31)28-25-14-8-13-23(24(25)18-27)21-10-5-4-6-11-21/h4-14,17H,15-16,19H2,1-3H3,(H,28,31). The lowest BCUT2D eigenvalue weighted by molar-refractivity contribution is 0.202. The fraction of sp³-hybridized carbons (Fsp3) is 0.231. The molecule has 0 aliphatic rings. The fourth-order valence-corrected chi connectivity index (χ4v) is 3.39. The second kappa shape index (κ2) is 11.0. The van der Waals surface area contributed by atoms with E-state index in [4.69, 9.17) is 4.74 Å². The van der Waals surface area contributed by atoms with Crippen molar-refractivity contribution >= 4 is 11.7 Å². The zero-order chi connectivity index (χ0) is 22.9. The van der Waals surface area contributed by atoms with Crippen LogP contribution in [0.2, 0.25) is 0 Å². The second-order valence-electron chi connectivity index (χ2n) is 7.71. The minimum Gasteiger partial charge on any atom is -0.497 e. The lowest BCUT2D eigenvalue weighted by Gasteiger charge is -2.25. The number of hydrogen-bond acceptors (Lipinski definition) is 4. The second-order valence-corrected chi connectivity index (χ2v) is 7.71. The van der Waals surface area contributed by atoms with Crippen LogP contribution in [0.4, 0.5) is 10.5 Å². The molecule has 0 aliphatic heterocycles. The Morgan fingerprint density at radius 3 is 2.44 bits per heavy atom. The van der Waals surface area contributed by atoms with Gasteiger partial charge >= 0.3 is 6.03 Å². The van der Waals surface area contributed by atoms with E-state index in [2.05, 4.69) is 11.4 Å². The first-order valence-corrected chi connectivity index (χ1v) is 10.4. The number of likely N-dealkylation sites (N-methyl/N-ethyl adjacent to an activating group) is 1. The third-order valence-corrected chi connectivity index (χ3v) is 5.11. The number of anilines is 1. The molecule has 0 saturated heterocycles. The SMILES string of the molecule is COc1cccc(CN(CCN(C)C)C(=O)Nc2cccc(-c3ccccc3)c2C#N)c1. The van der Waals surface area contributed by atoms with Crippen molar-refractivity contribution in [3.05, 3.63) is 83.9 Å². The molecule has 6 nitrogen and oxygen atoms in total. The van der Waals surface area contributed by atoms with E-state index in [1.807, 2.05) is 85.7 Å². The van der Waals surface area contributed by atoms with Crippen LogP contribution < -0.4 is 10.1 Å². The fourth-order valence-electron chi connectivity index (χ4n) is 3.39. The van der Waals surface area contributed by atoms with Gasteiger partial charge in [-0.2, -0.15) is 5.26 Å². The molecular weight excluding hydrogens is 400 g/mol. The smallest absolute Gasteiger partial charge is 0.322 e. The first-order valence-electron chi connectivity index (χ1n) is 10.4. The van der Waals surface area contributed by atoms with E-state index in [-0.39, 0.29) is 6.03 Å². The van der Waals surface area contributed by atoms with E-state index in [0.29, 0.717) is 30.9 Å². The Labute approximate surface area is 189 Å². The highest BCUT2D eigenvalue weighted by atomic mass is 16.5. The molecular formula is C26H28N4O2.